The van der Waals surface area contributed by atoms with Crippen LogP contribution in [0.15, 0.2) is 18.7 Å². The molecule has 0 aromatic carbocycles. The number of carbonyl (C=O) groups excluding carboxylic acids is 2. The molecule has 0 aliphatic carbocycles. The molecular formula is C29H55ClN4O2. The van der Waals surface area contributed by atoms with E-state index in [1.54, 1.807) is 0 Å². The maximum Gasteiger partial charge on any atom is 0.243 e. The molecule has 0 spiro atoms. The van der Waals surface area contributed by atoms with Crippen molar-refractivity contribution in [1.29, 1.82) is 0 Å². The minimum atomic E-state index is 0. The van der Waals surface area contributed by atoms with E-state index in [1.165, 1.54) is 77.0 Å². The molecule has 0 atom stereocenters. The highest BCUT2D eigenvalue weighted by Crippen LogP contribution is 2.09. The molecule has 0 unspecified atom stereocenters. The molecule has 0 bridgehead atoms. The Morgan fingerprint density at radius 3 is 1.67 bits per heavy atom. The number of aryl methyl sites for hydroxylation is 2. The van der Waals surface area contributed by atoms with Crippen LogP contribution in [0.2, 0.25) is 0 Å². The van der Waals surface area contributed by atoms with Gasteiger partial charge in [0.2, 0.25) is 18.1 Å². The van der Waals surface area contributed by atoms with Gasteiger partial charge in [0.15, 0.2) is 0 Å². The van der Waals surface area contributed by atoms with Crippen LogP contribution in [0.1, 0.15) is 129 Å². The van der Waals surface area contributed by atoms with Crippen molar-refractivity contribution in [3.63, 3.8) is 0 Å². The van der Waals surface area contributed by atoms with Crippen LogP contribution in [0.3, 0.4) is 0 Å². The molecule has 7 heteroatoms. The number of unbranched alkanes of at least 4 members (excludes halogenated alkanes) is 12. The molecule has 1 rings (SSSR count). The molecule has 210 valence electrons. The summed E-state index contributed by atoms with van der Waals surface area (Å²) in [5, 5.41) is 6.11. The summed E-state index contributed by atoms with van der Waals surface area (Å²) in [4.78, 5) is 23.9. The van der Waals surface area contributed by atoms with Crippen LogP contribution in [-0.4, -0.2) is 29.5 Å². The molecule has 2 N–H and O–H groups in total. The quantitative estimate of drug-likeness (QED) is 0.160. The summed E-state index contributed by atoms with van der Waals surface area (Å²) in [6.07, 6.45) is 26.8. The third-order valence-electron chi connectivity index (χ3n) is 6.59. The van der Waals surface area contributed by atoms with Crippen molar-refractivity contribution in [3.8, 4) is 0 Å². The van der Waals surface area contributed by atoms with Gasteiger partial charge in [-0.3, -0.25) is 9.59 Å². The van der Waals surface area contributed by atoms with E-state index in [9.17, 15) is 9.59 Å². The number of nitrogens with zero attached hydrogens (tertiary/aromatic N) is 2. The van der Waals surface area contributed by atoms with E-state index < -0.39 is 0 Å². The van der Waals surface area contributed by atoms with Crippen molar-refractivity contribution >= 4 is 11.8 Å². The number of imidazole rings is 1. The number of hydrogen-bond acceptors (Lipinski definition) is 2. The fourth-order valence-corrected chi connectivity index (χ4v) is 4.34. The zero-order valence-electron chi connectivity index (χ0n) is 23.4. The molecule has 0 fully saturated rings. The number of nitrogens with one attached hydrogen (secondary N) is 2. The van der Waals surface area contributed by atoms with E-state index in [2.05, 4.69) is 52.3 Å². The topological polar surface area (TPSA) is 67.0 Å². The second-order valence-corrected chi connectivity index (χ2v) is 10.0. The van der Waals surface area contributed by atoms with E-state index in [4.69, 9.17) is 0 Å². The maximum atomic E-state index is 12.0. The number of hydrogen-bond donors (Lipinski definition) is 2. The molecule has 0 saturated carbocycles. The molecule has 2 amide bonds. The van der Waals surface area contributed by atoms with E-state index >= 15 is 0 Å². The predicted octanol–water partition coefficient (Wildman–Crippen LogP) is 3.07. The average Bonchev–Trinajstić information content (AvgIpc) is 3.31. The first-order valence-corrected chi connectivity index (χ1v) is 14.7. The highest BCUT2D eigenvalue weighted by atomic mass is 35.5. The van der Waals surface area contributed by atoms with Crippen LogP contribution < -0.4 is 27.6 Å². The third-order valence-corrected chi connectivity index (χ3v) is 6.59. The van der Waals surface area contributed by atoms with E-state index in [0.717, 1.165) is 51.9 Å². The lowest BCUT2D eigenvalue weighted by molar-refractivity contribution is -0.696. The first-order chi connectivity index (χ1) is 17.2. The molecule has 6 nitrogen and oxygen atoms in total. The van der Waals surface area contributed by atoms with Crippen molar-refractivity contribution in [2.24, 2.45) is 0 Å². The second-order valence-electron chi connectivity index (χ2n) is 10.0. The molecule has 0 radical (unpaired) electrons. The molecule has 1 heterocycles. The van der Waals surface area contributed by atoms with E-state index in [-0.39, 0.29) is 24.2 Å². The number of amides is 2. The monoisotopic (exact) mass is 526 g/mol. The summed E-state index contributed by atoms with van der Waals surface area (Å²) in [6, 6.07) is 0. The molecular weight excluding hydrogens is 472 g/mol. The SMILES string of the molecule is CCCCCCCCCC(=O)NCCCn1cc[n+](CCCNC(=O)CCCCCCCCC)c1.[Cl-]. The van der Waals surface area contributed by atoms with Gasteiger partial charge in [-0.1, -0.05) is 90.9 Å². The van der Waals surface area contributed by atoms with E-state index in [0.29, 0.717) is 12.8 Å². The van der Waals surface area contributed by atoms with Crippen LogP contribution in [-0.2, 0) is 22.7 Å². The Labute approximate surface area is 227 Å². The number of halogens is 1. The summed E-state index contributed by atoms with van der Waals surface area (Å²) in [6.45, 7) is 7.75. The Morgan fingerprint density at radius 1 is 0.667 bits per heavy atom. The lowest BCUT2D eigenvalue weighted by atomic mass is 10.1. The summed E-state index contributed by atoms with van der Waals surface area (Å²) in [5.41, 5.74) is 0. The standard InChI is InChI=1S/C29H54N4O2.ClH/c1-3-5-7-9-11-13-15-19-28(34)30-21-17-23-32-25-26-33(27-32)24-18-22-31-29(35)20-16-14-12-10-8-6-4-2;/h25-27H,3-24H2,1-2H3,(H-,30,31,34,35);1H. The Bertz CT molecular complexity index is 598. The van der Waals surface area contributed by atoms with Crippen LogP contribution in [0.5, 0.6) is 0 Å². The zero-order chi connectivity index (χ0) is 25.4. The lowest BCUT2D eigenvalue weighted by Crippen LogP contribution is -3.00. The largest absolute Gasteiger partial charge is 1.00 e. The Balaban J connectivity index is 0.0000122. The summed E-state index contributed by atoms with van der Waals surface area (Å²) < 4.78 is 4.34. The van der Waals surface area contributed by atoms with Crippen molar-refractivity contribution in [2.75, 3.05) is 13.1 Å². The molecule has 0 saturated heterocycles. The highest BCUT2D eigenvalue weighted by Gasteiger charge is 2.06. The zero-order valence-corrected chi connectivity index (χ0v) is 24.1. The van der Waals surface area contributed by atoms with Gasteiger partial charge >= 0.3 is 0 Å². The minimum Gasteiger partial charge on any atom is -1.00 e. The number of rotatable bonds is 24. The summed E-state index contributed by atoms with van der Waals surface area (Å²) >= 11 is 0. The van der Waals surface area contributed by atoms with Crippen molar-refractivity contribution in [2.45, 2.75) is 143 Å². The first kappa shape index (κ1) is 34.4. The average molecular weight is 527 g/mol. The van der Waals surface area contributed by atoms with Crippen LogP contribution in [0.25, 0.3) is 0 Å². The predicted molar refractivity (Wildman–Crippen MR) is 145 cm³/mol. The van der Waals surface area contributed by atoms with Gasteiger partial charge in [0.05, 0.1) is 13.1 Å². The van der Waals surface area contributed by atoms with Crippen LogP contribution >= 0.6 is 0 Å². The Morgan fingerprint density at radius 2 is 1.14 bits per heavy atom. The fraction of sp³-hybridized carbons (Fsp3) is 0.828. The summed E-state index contributed by atoms with van der Waals surface area (Å²) in [5.74, 6) is 0.380. The van der Waals surface area contributed by atoms with E-state index in [1.807, 2.05) is 0 Å². The van der Waals surface area contributed by atoms with Gasteiger partial charge in [-0.2, -0.15) is 0 Å². The summed E-state index contributed by atoms with van der Waals surface area (Å²) in [7, 11) is 0. The molecule has 1 aromatic heterocycles. The van der Waals surface area contributed by atoms with Gasteiger partial charge in [-0.05, 0) is 12.8 Å². The highest BCUT2D eigenvalue weighted by molar-refractivity contribution is 5.76. The lowest BCUT2D eigenvalue weighted by Gasteiger charge is -2.05. The van der Waals surface area contributed by atoms with Crippen LogP contribution in [0, 0.1) is 0 Å². The van der Waals surface area contributed by atoms with Gasteiger partial charge in [0, 0.05) is 38.8 Å². The van der Waals surface area contributed by atoms with Gasteiger partial charge < -0.3 is 23.0 Å². The smallest absolute Gasteiger partial charge is 0.243 e. The first-order valence-electron chi connectivity index (χ1n) is 14.7. The maximum absolute atomic E-state index is 12.0. The fourth-order valence-electron chi connectivity index (χ4n) is 4.34. The molecule has 0 aliphatic rings. The van der Waals surface area contributed by atoms with Crippen molar-refractivity contribution in [3.05, 3.63) is 18.7 Å². The van der Waals surface area contributed by atoms with Crippen molar-refractivity contribution in [1.82, 2.24) is 15.2 Å². The second kappa shape index (κ2) is 25.1. The van der Waals surface area contributed by atoms with Gasteiger partial charge in [-0.25, -0.2) is 9.13 Å². The van der Waals surface area contributed by atoms with Gasteiger partial charge in [-0.15, -0.1) is 0 Å². The van der Waals surface area contributed by atoms with Crippen molar-refractivity contribution < 1.29 is 26.6 Å². The molecule has 0 aliphatic heterocycles. The molecule has 36 heavy (non-hydrogen) atoms. The minimum absolute atomic E-state index is 0. The normalized spacial score (nSPS) is 10.7. The Kier molecular flexibility index (Phi) is 24.0. The van der Waals surface area contributed by atoms with Gasteiger partial charge in [0.1, 0.15) is 12.4 Å². The number of carbonyl (C=O) groups is 2. The Hall–Kier alpha value is -1.56. The van der Waals surface area contributed by atoms with Crippen LogP contribution in [0.4, 0.5) is 0 Å². The number of aromatic nitrogens is 2. The van der Waals surface area contributed by atoms with Gasteiger partial charge in [0.25, 0.3) is 0 Å². The third kappa shape index (κ3) is 20.6. The molecule has 1 aromatic rings.